The number of rotatable bonds is 8. The molecule has 0 atom stereocenters. The topological polar surface area (TPSA) is 71.5 Å². The monoisotopic (exact) mass is 313 g/mol. The zero-order chi connectivity index (χ0) is 15.8. The summed E-state index contributed by atoms with van der Waals surface area (Å²) in [5.41, 5.74) is 0.264. The second-order valence-corrected chi connectivity index (χ2v) is 5.80. The molecule has 1 heterocycles. The van der Waals surface area contributed by atoms with Crippen LogP contribution in [0.1, 0.15) is 47.5 Å². The summed E-state index contributed by atoms with van der Waals surface area (Å²) in [6.45, 7) is 7.79. The Hall–Kier alpha value is -1.47. The molecule has 0 aliphatic rings. The van der Waals surface area contributed by atoms with Gasteiger partial charge in [-0.1, -0.05) is 0 Å². The average molecular weight is 313 g/mol. The van der Waals surface area contributed by atoms with Crippen LogP contribution < -0.4 is 5.32 Å². The minimum atomic E-state index is -0.486. The molecule has 0 spiro atoms. The molecular formula is C14H23N3O3S. The number of carbonyl (C=O) groups excluding carboxylic acids is 2. The van der Waals surface area contributed by atoms with E-state index in [0.29, 0.717) is 19.2 Å². The van der Waals surface area contributed by atoms with Gasteiger partial charge in [0.25, 0.3) is 5.91 Å². The van der Waals surface area contributed by atoms with Crippen LogP contribution in [0.15, 0.2) is 5.38 Å². The van der Waals surface area contributed by atoms with Gasteiger partial charge in [-0.15, -0.1) is 11.3 Å². The Labute approximate surface area is 129 Å². The van der Waals surface area contributed by atoms with Crippen molar-refractivity contribution in [2.24, 2.45) is 0 Å². The first-order chi connectivity index (χ1) is 9.95. The Kier molecular flexibility index (Phi) is 7.31. The number of nitrogens with zero attached hydrogens (tertiary/aromatic N) is 2. The molecule has 0 saturated carbocycles. The Bertz CT molecular complexity index is 474. The maximum absolute atomic E-state index is 11.9. The van der Waals surface area contributed by atoms with E-state index in [1.54, 1.807) is 12.3 Å². The smallest absolute Gasteiger partial charge is 0.367 e. The van der Waals surface area contributed by atoms with Gasteiger partial charge in [0.05, 0.1) is 6.61 Å². The Balaban J connectivity index is 2.37. The lowest BCUT2D eigenvalue weighted by Gasteiger charge is -2.20. The van der Waals surface area contributed by atoms with E-state index in [9.17, 15) is 9.59 Å². The first-order valence-electron chi connectivity index (χ1n) is 7.06. The fourth-order valence-electron chi connectivity index (χ4n) is 1.54. The van der Waals surface area contributed by atoms with Crippen LogP contribution in [0.4, 0.5) is 0 Å². The summed E-state index contributed by atoms with van der Waals surface area (Å²) in [7, 11) is 2.05. The van der Waals surface area contributed by atoms with Crippen LogP contribution in [-0.4, -0.2) is 54.5 Å². The first-order valence-corrected chi connectivity index (χ1v) is 7.94. The third-order valence-corrected chi connectivity index (χ3v) is 3.86. The first kappa shape index (κ1) is 17.6. The van der Waals surface area contributed by atoms with Crippen LogP contribution >= 0.6 is 11.3 Å². The highest BCUT2D eigenvalue weighted by Gasteiger charge is 2.16. The van der Waals surface area contributed by atoms with Crippen molar-refractivity contribution >= 4 is 23.2 Å². The second-order valence-electron chi connectivity index (χ2n) is 4.94. The van der Waals surface area contributed by atoms with E-state index in [1.165, 1.54) is 0 Å². The minimum absolute atomic E-state index is 0.210. The van der Waals surface area contributed by atoms with E-state index < -0.39 is 5.97 Å². The van der Waals surface area contributed by atoms with Crippen LogP contribution in [-0.2, 0) is 4.74 Å². The Morgan fingerprint density at radius 2 is 2.19 bits per heavy atom. The fourth-order valence-corrected chi connectivity index (χ4v) is 2.23. The van der Waals surface area contributed by atoms with Crippen molar-refractivity contribution in [3.63, 3.8) is 0 Å². The molecule has 0 aliphatic heterocycles. The van der Waals surface area contributed by atoms with Crippen molar-refractivity contribution in [3.8, 4) is 0 Å². The molecular weight excluding hydrogens is 290 g/mol. The fraction of sp³-hybridized carbons (Fsp3) is 0.643. The van der Waals surface area contributed by atoms with Crippen LogP contribution in [0.2, 0.25) is 0 Å². The predicted molar refractivity (Wildman–Crippen MR) is 82.8 cm³/mol. The van der Waals surface area contributed by atoms with Crippen LogP contribution in [0.5, 0.6) is 0 Å². The minimum Gasteiger partial charge on any atom is -0.461 e. The van der Waals surface area contributed by atoms with Gasteiger partial charge in [-0.25, -0.2) is 9.78 Å². The number of nitrogens with one attached hydrogen (secondary N) is 1. The largest absolute Gasteiger partial charge is 0.461 e. The summed E-state index contributed by atoms with van der Waals surface area (Å²) < 4.78 is 4.84. The third kappa shape index (κ3) is 5.81. The predicted octanol–water partition coefficient (Wildman–Crippen LogP) is 1.78. The molecule has 0 saturated heterocycles. The molecule has 0 aliphatic carbocycles. The number of hydrogen-bond acceptors (Lipinski definition) is 6. The SMILES string of the molecule is CCOC(=O)c1nc(C(=O)NCCCN(C)C(C)C)cs1. The molecule has 6 nitrogen and oxygen atoms in total. The van der Waals surface area contributed by atoms with Crippen molar-refractivity contribution in [2.45, 2.75) is 33.2 Å². The van der Waals surface area contributed by atoms with Crippen molar-refractivity contribution in [1.82, 2.24) is 15.2 Å². The van der Waals surface area contributed by atoms with Crippen LogP contribution in [0.3, 0.4) is 0 Å². The lowest BCUT2D eigenvalue weighted by atomic mass is 10.3. The van der Waals surface area contributed by atoms with Crippen molar-refractivity contribution in [1.29, 1.82) is 0 Å². The van der Waals surface area contributed by atoms with E-state index >= 15 is 0 Å². The van der Waals surface area contributed by atoms with E-state index in [-0.39, 0.29) is 16.6 Å². The van der Waals surface area contributed by atoms with Gasteiger partial charge in [0.15, 0.2) is 0 Å². The van der Waals surface area contributed by atoms with Gasteiger partial charge < -0.3 is 15.0 Å². The summed E-state index contributed by atoms with van der Waals surface area (Å²) in [5.74, 6) is -0.742. The van der Waals surface area contributed by atoms with Crippen LogP contribution in [0, 0.1) is 0 Å². The molecule has 0 fully saturated rings. The second kappa shape index (κ2) is 8.74. The number of aromatic nitrogens is 1. The molecule has 0 bridgehead atoms. The molecule has 7 heteroatoms. The maximum atomic E-state index is 11.9. The number of esters is 1. The normalized spacial score (nSPS) is 11.0. The van der Waals surface area contributed by atoms with Gasteiger partial charge in [-0.3, -0.25) is 4.79 Å². The summed E-state index contributed by atoms with van der Waals surface area (Å²) >= 11 is 1.12. The highest BCUT2D eigenvalue weighted by Crippen LogP contribution is 2.11. The van der Waals surface area contributed by atoms with Gasteiger partial charge >= 0.3 is 5.97 Å². The number of carbonyl (C=O) groups is 2. The van der Waals surface area contributed by atoms with Gasteiger partial charge in [0.2, 0.25) is 5.01 Å². The molecule has 1 aromatic heterocycles. The summed E-state index contributed by atoms with van der Waals surface area (Å²) in [6.07, 6.45) is 0.870. The zero-order valence-electron chi connectivity index (χ0n) is 13.0. The summed E-state index contributed by atoms with van der Waals surface area (Å²) in [4.78, 5) is 29.6. The van der Waals surface area contributed by atoms with Crippen molar-refractivity contribution < 1.29 is 14.3 Å². The maximum Gasteiger partial charge on any atom is 0.367 e. The molecule has 0 aromatic carbocycles. The number of amides is 1. The molecule has 1 N–H and O–H groups in total. The van der Waals surface area contributed by atoms with Crippen molar-refractivity contribution in [3.05, 3.63) is 16.1 Å². The molecule has 1 amide bonds. The van der Waals surface area contributed by atoms with Crippen LogP contribution in [0.25, 0.3) is 0 Å². The van der Waals surface area contributed by atoms with Crippen molar-refractivity contribution in [2.75, 3.05) is 26.7 Å². The number of hydrogen-bond donors (Lipinski definition) is 1. The third-order valence-electron chi connectivity index (χ3n) is 3.04. The Morgan fingerprint density at radius 3 is 2.81 bits per heavy atom. The zero-order valence-corrected chi connectivity index (χ0v) is 13.8. The molecule has 118 valence electrons. The lowest BCUT2D eigenvalue weighted by Crippen LogP contribution is -2.31. The average Bonchev–Trinajstić information content (AvgIpc) is 2.93. The highest BCUT2D eigenvalue weighted by atomic mass is 32.1. The van der Waals surface area contributed by atoms with E-state index in [1.807, 2.05) is 0 Å². The van der Waals surface area contributed by atoms with Gasteiger partial charge in [-0.05, 0) is 40.8 Å². The van der Waals surface area contributed by atoms with E-state index in [2.05, 4.69) is 36.1 Å². The molecule has 0 radical (unpaired) electrons. The number of thiazole rings is 1. The standard InChI is InChI=1S/C14H23N3O3S/c1-5-20-14(19)13-16-11(9-21-13)12(18)15-7-6-8-17(4)10(2)3/h9-10H,5-8H2,1-4H3,(H,15,18). The molecule has 0 unspecified atom stereocenters. The summed E-state index contributed by atoms with van der Waals surface area (Å²) in [5, 5.41) is 4.58. The lowest BCUT2D eigenvalue weighted by molar-refractivity contribution is 0.0526. The van der Waals surface area contributed by atoms with E-state index in [0.717, 1.165) is 24.3 Å². The Morgan fingerprint density at radius 1 is 1.48 bits per heavy atom. The summed E-state index contributed by atoms with van der Waals surface area (Å²) in [6, 6.07) is 0.492. The molecule has 21 heavy (non-hydrogen) atoms. The quantitative estimate of drug-likeness (QED) is 0.585. The molecule has 1 aromatic rings. The van der Waals surface area contributed by atoms with Gasteiger partial charge in [-0.2, -0.15) is 0 Å². The highest BCUT2D eigenvalue weighted by molar-refractivity contribution is 7.11. The number of ether oxygens (including phenoxy) is 1. The van der Waals surface area contributed by atoms with Gasteiger partial charge in [0.1, 0.15) is 5.69 Å². The molecule has 1 rings (SSSR count). The van der Waals surface area contributed by atoms with Gasteiger partial charge in [0, 0.05) is 18.0 Å². The van der Waals surface area contributed by atoms with E-state index in [4.69, 9.17) is 4.74 Å².